The molecular weight excluding hydrogens is 272 g/mol. The lowest BCUT2D eigenvalue weighted by atomic mass is 9.81. The maximum atomic E-state index is 12.2. The van der Waals surface area contributed by atoms with Gasteiger partial charge in [0.15, 0.2) is 0 Å². The number of rotatable bonds is 6. The van der Waals surface area contributed by atoms with Gasteiger partial charge in [0, 0.05) is 7.05 Å². The van der Waals surface area contributed by atoms with Crippen molar-refractivity contribution in [1.29, 1.82) is 0 Å². The first-order chi connectivity index (χ1) is 9.73. The van der Waals surface area contributed by atoms with Gasteiger partial charge in [-0.1, -0.05) is 19.3 Å². The molecule has 0 radical (unpaired) electrons. The summed E-state index contributed by atoms with van der Waals surface area (Å²) in [5.74, 6) is 0.413. The molecule has 1 aliphatic rings. The highest BCUT2D eigenvalue weighted by Gasteiger charge is 2.28. The van der Waals surface area contributed by atoms with Crippen LogP contribution in [0.3, 0.4) is 0 Å². The van der Waals surface area contributed by atoms with Crippen LogP contribution in [0.15, 0.2) is 0 Å². The Morgan fingerprint density at radius 1 is 1.33 bits per heavy atom. The maximum Gasteiger partial charge on any atom is 0.408 e. The van der Waals surface area contributed by atoms with E-state index in [1.165, 1.54) is 33.4 Å². The van der Waals surface area contributed by atoms with Crippen molar-refractivity contribution in [3.8, 4) is 0 Å². The van der Waals surface area contributed by atoms with Crippen molar-refractivity contribution in [1.82, 2.24) is 10.4 Å². The standard InChI is InChI=1S/C15H28N2O4/c1-15(2,3)21-14(19)16-12(13(18)17(4)20-5)10-9-11-7-6-8-11/h11-12H,6-10H2,1-5H3,(H,16,19). The molecule has 0 spiro atoms. The zero-order chi connectivity index (χ0) is 16.0. The summed E-state index contributed by atoms with van der Waals surface area (Å²) in [5.41, 5.74) is -0.585. The van der Waals surface area contributed by atoms with Gasteiger partial charge in [0.05, 0.1) is 7.11 Å². The van der Waals surface area contributed by atoms with Crippen molar-refractivity contribution in [3.05, 3.63) is 0 Å². The number of carbonyl (C=O) groups is 2. The average Bonchev–Trinajstić information content (AvgIpc) is 2.31. The summed E-state index contributed by atoms with van der Waals surface area (Å²) in [6, 6.07) is -0.606. The highest BCUT2D eigenvalue weighted by atomic mass is 16.7. The summed E-state index contributed by atoms with van der Waals surface area (Å²) in [4.78, 5) is 29.0. The summed E-state index contributed by atoms with van der Waals surface area (Å²) >= 11 is 0. The minimum atomic E-state index is -0.606. The fourth-order valence-electron chi connectivity index (χ4n) is 2.20. The summed E-state index contributed by atoms with van der Waals surface area (Å²) in [6.45, 7) is 5.37. The molecule has 0 aliphatic heterocycles. The second kappa shape index (κ2) is 7.64. The molecule has 0 aromatic heterocycles. The number of amides is 2. The van der Waals surface area contributed by atoms with Gasteiger partial charge < -0.3 is 10.1 Å². The highest BCUT2D eigenvalue weighted by molar-refractivity contribution is 5.84. The molecule has 1 fully saturated rings. The first-order valence-electron chi connectivity index (χ1n) is 7.54. The molecule has 6 heteroatoms. The van der Waals surface area contributed by atoms with Gasteiger partial charge in [-0.05, 0) is 39.5 Å². The number of ether oxygens (including phenoxy) is 1. The molecular formula is C15H28N2O4. The Morgan fingerprint density at radius 3 is 2.38 bits per heavy atom. The number of carbonyl (C=O) groups excluding carboxylic acids is 2. The Morgan fingerprint density at radius 2 is 1.95 bits per heavy atom. The van der Waals surface area contributed by atoms with Gasteiger partial charge in [-0.2, -0.15) is 0 Å². The molecule has 1 atom stereocenters. The number of hydroxylamine groups is 2. The molecule has 0 saturated heterocycles. The van der Waals surface area contributed by atoms with E-state index in [2.05, 4.69) is 5.32 Å². The van der Waals surface area contributed by atoms with Crippen LogP contribution in [-0.2, 0) is 14.4 Å². The number of hydrogen-bond donors (Lipinski definition) is 1. The van der Waals surface area contributed by atoms with Gasteiger partial charge in [-0.3, -0.25) is 9.63 Å². The largest absolute Gasteiger partial charge is 0.444 e. The van der Waals surface area contributed by atoms with Crippen molar-refractivity contribution in [2.45, 2.75) is 64.5 Å². The van der Waals surface area contributed by atoms with E-state index in [9.17, 15) is 9.59 Å². The molecule has 0 aromatic rings. The molecule has 1 rings (SSSR count). The van der Waals surface area contributed by atoms with Gasteiger partial charge in [0.1, 0.15) is 11.6 Å². The first-order valence-corrected chi connectivity index (χ1v) is 7.54. The molecule has 1 unspecified atom stereocenters. The van der Waals surface area contributed by atoms with Crippen LogP contribution >= 0.6 is 0 Å². The van der Waals surface area contributed by atoms with Crippen LogP contribution in [-0.4, -0.2) is 42.9 Å². The van der Waals surface area contributed by atoms with Crippen LogP contribution in [0.2, 0.25) is 0 Å². The highest BCUT2D eigenvalue weighted by Crippen LogP contribution is 2.31. The molecule has 0 aromatic carbocycles. The fraction of sp³-hybridized carbons (Fsp3) is 0.867. The Hall–Kier alpha value is -1.30. The lowest BCUT2D eigenvalue weighted by Crippen LogP contribution is -2.48. The first kappa shape index (κ1) is 17.8. The van der Waals surface area contributed by atoms with Crippen molar-refractivity contribution in [3.63, 3.8) is 0 Å². The van der Waals surface area contributed by atoms with E-state index in [1.54, 1.807) is 20.8 Å². The smallest absolute Gasteiger partial charge is 0.408 e. The zero-order valence-electron chi connectivity index (χ0n) is 13.8. The van der Waals surface area contributed by atoms with E-state index in [-0.39, 0.29) is 5.91 Å². The molecule has 1 saturated carbocycles. The normalized spacial score (nSPS) is 16.8. The lowest BCUT2D eigenvalue weighted by Gasteiger charge is -2.29. The Balaban J connectivity index is 2.57. The van der Waals surface area contributed by atoms with E-state index in [1.807, 2.05) is 0 Å². The van der Waals surface area contributed by atoms with Gasteiger partial charge in [-0.15, -0.1) is 0 Å². The molecule has 122 valence electrons. The van der Waals surface area contributed by atoms with Gasteiger partial charge in [0.2, 0.25) is 0 Å². The van der Waals surface area contributed by atoms with Crippen LogP contribution < -0.4 is 5.32 Å². The van der Waals surface area contributed by atoms with Crippen molar-refractivity contribution in [2.75, 3.05) is 14.2 Å². The van der Waals surface area contributed by atoms with E-state index in [0.29, 0.717) is 12.3 Å². The predicted octanol–water partition coefficient (Wildman–Crippen LogP) is 2.48. The van der Waals surface area contributed by atoms with E-state index < -0.39 is 17.7 Å². The van der Waals surface area contributed by atoms with Gasteiger partial charge >= 0.3 is 6.09 Å². The number of nitrogens with zero attached hydrogens (tertiary/aromatic N) is 1. The molecule has 1 aliphatic carbocycles. The molecule has 0 bridgehead atoms. The summed E-state index contributed by atoms with van der Waals surface area (Å²) < 4.78 is 5.22. The molecule has 1 N–H and O–H groups in total. The number of alkyl carbamates (subject to hydrolysis) is 1. The Kier molecular flexibility index (Phi) is 6.45. The van der Waals surface area contributed by atoms with Crippen LogP contribution in [0.25, 0.3) is 0 Å². The Bertz CT molecular complexity index is 361. The summed E-state index contributed by atoms with van der Waals surface area (Å²) in [7, 11) is 2.96. The molecule has 6 nitrogen and oxygen atoms in total. The third-order valence-corrected chi connectivity index (χ3v) is 3.66. The van der Waals surface area contributed by atoms with Crippen molar-refractivity contribution in [2.24, 2.45) is 5.92 Å². The molecule has 21 heavy (non-hydrogen) atoms. The van der Waals surface area contributed by atoms with E-state index in [0.717, 1.165) is 11.5 Å². The van der Waals surface area contributed by atoms with Crippen LogP contribution in [0.5, 0.6) is 0 Å². The topological polar surface area (TPSA) is 67.9 Å². The van der Waals surface area contributed by atoms with E-state index in [4.69, 9.17) is 9.57 Å². The van der Waals surface area contributed by atoms with Crippen molar-refractivity contribution < 1.29 is 19.2 Å². The SMILES string of the molecule is CON(C)C(=O)C(CCC1CCC1)NC(=O)OC(C)(C)C. The zero-order valence-corrected chi connectivity index (χ0v) is 13.8. The lowest BCUT2D eigenvalue weighted by molar-refractivity contribution is -0.171. The van der Waals surface area contributed by atoms with Gasteiger partial charge in [0.25, 0.3) is 5.91 Å². The van der Waals surface area contributed by atoms with Crippen LogP contribution in [0, 0.1) is 5.92 Å². The Labute approximate surface area is 127 Å². The minimum Gasteiger partial charge on any atom is -0.444 e. The number of likely N-dealkylation sites (N-methyl/N-ethyl adjacent to an activating group) is 1. The fourth-order valence-corrected chi connectivity index (χ4v) is 2.20. The monoisotopic (exact) mass is 300 g/mol. The second-order valence-corrected chi connectivity index (χ2v) is 6.59. The number of nitrogens with one attached hydrogen (secondary N) is 1. The summed E-state index contributed by atoms with van der Waals surface area (Å²) in [6.07, 6.45) is 4.67. The molecule has 2 amide bonds. The van der Waals surface area contributed by atoms with E-state index >= 15 is 0 Å². The predicted molar refractivity (Wildman–Crippen MR) is 79.5 cm³/mol. The maximum absolute atomic E-state index is 12.2. The third kappa shape index (κ3) is 6.33. The number of hydrogen-bond acceptors (Lipinski definition) is 4. The third-order valence-electron chi connectivity index (χ3n) is 3.66. The van der Waals surface area contributed by atoms with Crippen LogP contribution in [0.1, 0.15) is 52.9 Å². The minimum absolute atomic E-state index is 0.261. The summed E-state index contributed by atoms with van der Waals surface area (Å²) in [5, 5.41) is 3.80. The molecule has 0 heterocycles. The van der Waals surface area contributed by atoms with Crippen molar-refractivity contribution >= 4 is 12.0 Å². The second-order valence-electron chi connectivity index (χ2n) is 6.59. The quantitative estimate of drug-likeness (QED) is 0.765. The average molecular weight is 300 g/mol. The van der Waals surface area contributed by atoms with Gasteiger partial charge in [-0.25, -0.2) is 9.86 Å². The van der Waals surface area contributed by atoms with Crippen LogP contribution in [0.4, 0.5) is 4.79 Å².